The fourth-order valence-corrected chi connectivity index (χ4v) is 2.30. The molecule has 0 spiro atoms. The Hall–Kier alpha value is -2.36. The Morgan fingerprint density at radius 2 is 2.05 bits per heavy atom. The van der Waals surface area contributed by atoms with Gasteiger partial charge in [-0.15, -0.1) is 0 Å². The average molecular weight is 256 g/mol. The Labute approximate surface area is 110 Å². The van der Waals surface area contributed by atoms with Gasteiger partial charge in [0, 0.05) is 17.3 Å². The second-order valence-corrected chi connectivity index (χ2v) is 4.44. The van der Waals surface area contributed by atoms with Crippen LogP contribution >= 0.6 is 0 Å². The van der Waals surface area contributed by atoms with E-state index in [4.69, 9.17) is 10.1 Å². The van der Waals surface area contributed by atoms with Crippen LogP contribution in [0.5, 0.6) is 5.75 Å². The third kappa shape index (κ3) is 1.95. The molecule has 4 heteroatoms. The van der Waals surface area contributed by atoms with Crippen LogP contribution in [0.25, 0.3) is 0 Å². The number of amidine groups is 1. The first-order valence-electron chi connectivity index (χ1n) is 5.98. The van der Waals surface area contributed by atoms with E-state index in [9.17, 15) is 4.39 Å². The Morgan fingerprint density at radius 1 is 1.21 bits per heavy atom. The molecule has 0 aliphatic carbocycles. The third-order valence-corrected chi connectivity index (χ3v) is 3.29. The number of fused-ring (bicyclic) bond motifs is 1. The van der Waals surface area contributed by atoms with Crippen LogP contribution in [0.1, 0.15) is 11.1 Å². The Kier molecular flexibility index (Phi) is 2.71. The highest BCUT2D eigenvalue weighted by Crippen LogP contribution is 2.30. The molecular weight excluding hydrogens is 243 g/mol. The molecule has 2 aromatic carbocycles. The van der Waals surface area contributed by atoms with E-state index in [1.54, 1.807) is 13.2 Å². The third-order valence-electron chi connectivity index (χ3n) is 3.29. The van der Waals surface area contributed by atoms with Crippen LogP contribution in [-0.2, 0) is 6.54 Å². The molecule has 96 valence electrons. The summed E-state index contributed by atoms with van der Waals surface area (Å²) in [5.41, 5.74) is 2.50. The van der Waals surface area contributed by atoms with Gasteiger partial charge in [0.1, 0.15) is 17.4 Å². The maximum Gasteiger partial charge on any atom is 0.133 e. The Morgan fingerprint density at radius 3 is 2.84 bits per heavy atom. The number of methoxy groups -OCH3 is 1. The molecule has 1 aliphatic rings. The lowest BCUT2D eigenvalue weighted by molar-refractivity contribution is 0.415. The van der Waals surface area contributed by atoms with Gasteiger partial charge < -0.3 is 9.64 Å². The fraction of sp³-hybridized carbons (Fsp3) is 0.133. The van der Waals surface area contributed by atoms with Gasteiger partial charge >= 0.3 is 0 Å². The molecule has 3 rings (SSSR count). The van der Waals surface area contributed by atoms with E-state index >= 15 is 0 Å². The highest BCUT2D eigenvalue weighted by atomic mass is 19.1. The summed E-state index contributed by atoms with van der Waals surface area (Å²) in [6, 6.07) is 12.1. The van der Waals surface area contributed by atoms with Gasteiger partial charge in [-0.3, -0.25) is 5.41 Å². The second kappa shape index (κ2) is 4.39. The van der Waals surface area contributed by atoms with E-state index < -0.39 is 0 Å². The largest absolute Gasteiger partial charge is 0.497 e. The monoisotopic (exact) mass is 256 g/mol. The molecule has 1 aliphatic heterocycles. The van der Waals surface area contributed by atoms with Crippen molar-refractivity contribution < 1.29 is 9.13 Å². The number of hydrogen-bond donors (Lipinski definition) is 1. The molecule has 0 unspecified atom stereocenters. The molecule has 0 saturated heterocycles. The molecule has 0 radical (unpaired) electrons. The Balaban J connectivity index is 1.99. The zero-order valence-corrected chi connectivity index (χ0v) is 10.5. The summed E-state index contributed by atoms with van der Waals surface area (Å²) >= 11 is 0. The lowest BCUT2D eigenvalue weighted by Crippen LogP contribution is -2.22. The van der Waals surface area contributed by atoms with Gasteiger partial charge in [0.05, 0.1) is 13.7 Å². The maximum atomic E-state index is 13.2. The van der Waals surface area contributed by atoms with Crippen molar-refractivity contribution in [2.75, 3.05) is 12.0 Å². The summed E-state index contributed by atoms with van der Waals surface area (Å²) in [4.78, 5) is 1.84. The number of rotatable bonds is 2. The highest BCUT2D eigenvalue weighted by molar-refractivity contribution is 6.11. The first-order valence-corrected chi connectivity index (χ1v) is 5.98. The zero-order chi connectivity index (χ0) is 13.4. The molecule has 0 bridgehead atoms. The molecule has 0 fully saturated rings. The quantitative estimate of drug-likeness (QED) is 0.895. The number of anilines is 1. The van der Waals surface area contributed by atoms with Crippen molar-refractivity contribution >= 4 is 11.5 Å². The van der Waals surface area contributed by atoms with Gasteiger partial charge in [0.15, 0.2) is 0 Å². The van der Waals surface area contributed by atoms with Crippen LogP contribution < -0.4 is 9.64 Å². The first-order chi connectivity index (χ1) is 9.19. The predicted octanol–water partition coefficient (Wildman–Crippen LogP) is 3.18. The first kappa shape index (κ1) is 11.7. The molecule has 2 aromatic rings. The van der Waals surface area contributed by atoms with Crippen molar-refractivity contribution in [3.63, 3.8) is 0 Å². The summed E-state index contributed by atoms with van der Waals surface area (Å²) in [5, 5.41) is 8.17. The summed E-state index contributed by atoms with van der Waals surface area (Å²) in [6.07, 6.45) is 0. The number of nitrogens with one attached hydrogen (secondary N) is 1. The minimum Gasteiger partial charge on any atom is -0.497 e. The van der Waals surface area contributed by atoms with Crippen LogP contribution in [0.15, 0.2) is 42.5 Å². The Bertz CT molecular complexity index is 654. The lowest BCUT2D eigenvalue weighted by Gasteiger charge is -2.18. The van der Waals surface area contributed by atoms with Crippen molar-refractivity contribution in [1.29, 1.82) is 5.41 Å². The second-order valence-electron chi connectivity index (χ2n) is 4.44. The topological polar surface area (TPSA) is 36.3 Å². The van der Waals surface area contributed by atoms with Crippen molar-refractivity contribution in [3.8, 4) is 5.75 Å². The number of ether oxygens (including phenoxy) is 1. The SMILES string of the molecule is COc1cccc(N2Cc3ccc(F)cc3C2=N)c1. The van der Waals surface area contributed by atoms with Crippen LogP contribution in [-0.4, -0.2) is 12.9 Å². The van der Waals surface area contributed by atoms with E-state index in [2.05, 4.69) is 0 Å². The molecule has 19 heavy (non-hydrogen) atoms. The van der Waals surface area contributed by atoms with Crippen LogP contribution in [0.4, 0.5) is 10.1 Å². The predicted molar refractivity (Wildman–Crippen MR) is 72.4 cm³/mol. The molecule has 3 nitrogen and oxygen atoms in total. The molecule has 0 atom stereocenters. The van der Waals surface area contributed by atoms with Crippen molar-refractivity contribution in [3.05, 3.63) is 59.4 Å². The number of halogens is 1. The van der Waals surface area contributed by atoms with E-state index in [0.717, 1.165) is 17.0 Å². The summed E-state index contributed by atoms with van der Waals surface area (Å²) in [6.45, 7) is 0.585. The van der Waals surface area contributed by atoms with Crippen molar-refractivity contribution in [2.24, 2.45) is 0 Å². The fourth-order valence-electron chi connectivity index (χ4n) is 2.30. The van der Waals surface area contributed by atoms with Gasteiger partial charge in [-0.2, -0.15) is 0 Å². The molecule has 0 aromatic heterocycles. The molecule has 0 saturated carbocycles. The minimum atomic E-state index is -0.309. The van der Waals surface area contributed by atoms with Gasteiger partial charge in [-0.1, -0.05) is 12.1 Å². The van der Waals surface area contributed by atoms with E-state index in [0.29, 0.717) is 17.9 Å². The number of benzene rings is 2. The van der Waals surface area contributed by atoms with Gasteiger partial charge in [0.25, 0.3) is 0 Å². The molecule has 0 amide bonds. The minimum absolute atomic E-state index is 0.309. The zero-order valence-electron chi connectivity index (χ0n) is 10.5. The van der Waals surface area contributed by atoms with Crippen LogP contribution in [0.2, 0.25) is 0 Å². The summed E-state index contributed by atoms with van der Waals surface area (Å²) in [5.74, 6) is 0.756. The molecular formula is C15H13FN2O. The molecule has 1 heterocycles. The lowest BCUT2D eigenvalue weighted by atomic mass is 10.1. The van der Waals surface area contributed by atoms with E-state index in [-0.39, 0.29) is 5.82 Å². The van der Waals surface area contributed by atoms with Gasteiger partial charge in [-0.05, 0) is 29.8 Å². The van der Waals surface area contributed by atoms with E-state index in [1.165, 1.54) is 12.1 Å². The highest BCUT2D eigenvalue weighted by Gasteiger charge is 2.25. The standard InChI is InChI=1S/C15H13FN2O/c1-19-13-4-2-3-12(8-13)18-9-10-5-6-11(16)7-14(10)15(18)17/h2-8,17H,9H2,1H3. The van der Waals surface area contributed by atoms with E-state index in [1.807, 2.05) is 29.2 Å². The summed E-state index contributed by atoms with van der Waals surface area (Å²) in [7, 11) is 1.61. The number of nitrogens with zero attached hydrogens (tertiary/aromatic N) is 1. The van der Waals surface area contributed by atoms with Gasteiger partial charge in [0.2, 0.25) is 0 Å². The molecule has 1 N–H and O–H groups in total. The maximum absolute atomic E-state index is 13.2. The average Bonchev–Trinajstić information content (AvgIpc) is 2.76. The van der Waals surface area contributed by atoms with Gasteiger partial charge in [-0.25, -0.2) is 4.39 Å². The van der Waals surface area contributed by atoms with Crippen LogP contribution in [0, 0.1) is 11.2 Å². The van der Waals surface area contributed by atoms with Crippen molar-refractivity contribution in [2.45, 2.75) is 6.54 Å². The normalized spacial score (nSPS) is 13.6. The van der Waals surface area contributed by atoms with Crippen LogP contribution in [0.3, 0.4) is 0 Å². The smallest absolute Gasteiger partial charge is 0.133 e. The van der Waals surface area contributed by atoms with Crippen molar-refractivity contribution in [1.82, 2.24) is 0 Å². The summed E-state index contributed by atoms with van der Waals surface area (Å²) < 4.78 is 18.4. The number of hydrogen-bond acceptors (Lipinski definition) is 2.